The lowest BCUT2D eigenvalue weighted by atomic mass is 9.34. The molecule has 1 aliphatic heterocycles. The first-order valence-electron chi connectivity index (χ1n) is 12.7. The fourth-order valence-corrected chi connectivity index (χ4v) is 5.99. The average molecular weight is 468 g/mol. The van der Waals surface area contributed by atoms with Crippen LogP contribution in [0.2, 0.25) is 0 Å². The number of hydrogen-bond donors (Lipinski definition) is 1. The number of benzene rings is 3. The van der Waals surface area contributed by atoms with Gasteiger partial charge in [-0.25, -0.2) is 0 Å². The van der Waals surface area contributed by atoms with Crippen LogP contribution in [0.4, 0.5) is 0 Å². The average Bonchev–Trinajstić information content (AvgIpc) is 3.53. The van der Waals surface area contributed by atoms with Crippen LogP contribution in [0, 0.1) is 41.5 Å². The summed E-state index contributed by atoms with van der Waals surface area (Å²) in [5.41, 5.74) is 16.5. The molecule has 2 heterocycles. The molecule has 36 heavy (non-hydrogen) atoms. The van der Waals surface area contributed by atoms with Crippen LogP contribution in [0.5, 0.6) is 0 Å². The molecule has 3 aromatic carbocycles. The number of aryl methyl sites for hydroxylation is 6. The minimum atomic E-state index is 0.172. The van der Waals surface area contributed by atoms with Crippen molar-refractivity contribution in [1.82, 2.24) is 4.98 Å². The Morgan fingerprint density at radius 1 is 0.722 bits per heavy atom. The van der Waals surface area contributed by atoms with E-state index in [9.17, 15) is 0 Å². The van der Waals surface area contributed by atoms with Gasteiger partial charge in [-0.2, -0.15) is 0 Å². The Hall–Kier alpha value is -3.85. The van der Waals surface area contributed by atoms with Gasteiger partial charge in [-0.15, -0.1) is 0 Å². The number of nitrogens with zero attached hydrogens (tertiary/aromatic N) is 1. The largest absolute Gasteiger partial charge is 0.361 e. The van der Waals surface area contributed by atoms with Crippen LogP contribution in [0.1, 0.15) is 44.6 Å². The van der Waals surface area contributed by atoms with E-state index in [4.69, 9.17) is 0 Å². The number of aliphatic imine (C=N–C) groups is 1. The molecule has 0 bridgehead atoms. The fourth-order valence-electron chi connectivity index (χ4n) is 5.99. The summed E-state index contributed by atoms with van der Waals surface area (Å²) in [7, 11) is 0. The minimum Gasteiger partial charge on any atom is -0.361 e. The maximum absolute atomic E-state index is 4.61. The van der Waals surface area contributed by atoms with E-state index >= 15 is 0 Å². The van der Waals surface area contributed by atoms with Crippen LogP contribution >= 0.6 is 0 Å². The van der Waals surface area contributed by atoms with Crippen LogP contribution in [-0.4, -0.2) is 17.9 Å². The van der Waals surface area contributed by atoms with E-state index in [2.05, 4.69) is 112 Å². The molecular formula is C33H33BN2. The summed E-state index contributed by atoms with van der Waals surface area (Å²) in [6.45, 7) is 13.6. The summed E-state index contributed by atoms with van der Waals surface area (Å²) in [6, 6.07) is 22.6. The molecule has 2 nitrogen and oxygen atoms in total. The van der Waals surface area contributed by atoms with Crippen molar-refractivity contribution in [1.29, 1.82) is 0 Å². The van der Waals surface area contributed by atoms with Crippen LogP contribution in [0.15, 0.2) is 89.7 Å². The third kappa shape index (κ3) is 4.42. The van der Waals surface area contributed by atoms with E-state index in [-0.39, 0.29) is 6.71 Å². The van der Waals surface area contributed by atoms with Gasteiger partial charge in [0.1, 0.15) is 0 Å². The van der Waals surface area contributed by atoms with Gasteiger partial charge in [0, 0.05) is 23.7 Å². The van der Waals surface area contributed by atoms with Crippen molar-refractivity contribution in [3.63, 3.8) is 0 Å². The van der Waals surface area contributed by atoms with E-state index in [1.165, 1.54) is 49.8 Å². The molecule has 0 radical (unpaired) electrons. The normalized spacial score (nSPS) is 13.9. The molecule has 1 N–H and O–H groups in total. The Balaban J connectivity index is 1.69. The van der Waals surface area contributed by atoms with E-state index in [0.717, 1.165) is 22.5 Å². The monoisotopic (exact) mass is 468 g/mol. The SMILES string of the molecule is Cc1cc(C)c(B(c2ccc(/C(=C3/C=CC=N3)c3ccc[nH]3)cc2)c2c(C)cc(C)cc2C)c(C)c1. The molecule has 0 amide bonds. The molecular weight excluding hydrogens is 435 g/mol. The molecule has 1 aliphatic rings. The molecule has 0 unspecified atom stereocenters. The molecule has 0 fully saturated rings. The summed E-state index contributed by atoms with van der Waals surface area (Å²) >= 11 is 0. The molecule has 0 spiro atoms. The van der Waals surface area contributed by atoms with Gasteiger partial charge in [-0.1, -0.05) is 98.3 Å². The Morgan fingerprint density at radius 3 is 1.72 bits per heavy atom. The third-order valence-corrected chi connectivity index (χ3v) is 7.26. The van der Waals surface area contributed by atoms with Crippen LogP contribution in [-0.2, 0) is 0 Å². The van der Waals surface area contributed by atoms with Gasteiger partial charge in [0.25, 0.3) is 0 Å². The van der Waals surface area contributed by atoms with Gasteiger partial charge in [-0.3, -0.25) is 4.99 Å². The zero-order valence-electron chi connectivity index (χ0n) is 22.1. The quantitative estimate of drug-likeness (QED) is 0.360. The standard InChI is InChI=1S/C33H33BN2/c1-21-17-23(3)32(24(4)18-21)34(33-25(5)19-22(2)20-26(33)6)28-13-11-27(12-14-28)31(29-9-7-15-35-29)30-10-8-16-36-30/h7-20,35H,1-6H3/b31-30+. The number of H-pyrrole nitrogens is 1. The van der Waals surface area contributed by atoms with Crippen molar-refractivity contribution < 1.29 is 0 Å². The van der Waals surface area contributed by atoms with Crippen molar-refractivity contribution >= 4 is 34.9 Å². The molecule has 0 atom stereocenters. The van der Waals surface area contributed by atoms with E-state index < -0.39 is 0 Å². The highest BCUT2D eigenvalue weighted by Gasteiger charge is 2.28. The summed E-state index contributed by atoms with van der Waals surface area (Å²) in [5, 5.41) is 0. The van der Waals surface area contributed by atoms with Gasteiger partial charge in [-0.05, 0) is 71.4 Å². The van der Waals surface area contributed by atoms with Gasteiger partial charge in [0.15, 0.2) is 0 Å². The second kappa shape index (κ2) is 9.66. The Kier molecular flexibility index (Phi) is 6.41. The van der Waals surface area contributed by atoms with Crippen molar-refractivity contribution in [2.75, 3.05) is 0 Å². The van der Waals surface area contributed by atoms with Crippen molar-refractivity contribution in [3.8, 4) is 0 Å². The highest BCUT2D eigenvalue weighted by Crippen LogP contribution is 2.28. The maximum atomic E-state index is 4.61. The molecule has 3 heteroatoms. The minimum absolute atomic E-state index is 0.172. The lowest BCUT2D eigenvalue weighted by molar-refractivity contribution is 1.32. The zero-order valence-corrected chi connectivity index (χ0v) is 22.1. The van der Waals surface area contributed by atoms with E-state index in [1.807, 2.05) is 24.6 Å². The van der Waals surface area contributed by atoms with E-state index in [1.54, 1.807) is 0 Å². The number of allylic oxidation sites excluding steroid dienone is 2. The first-order chi connectivity index (χ1) is 17.3. The second-order valence-corrected chi connectivity index (χ2v) is 10.2. The molecule has 0 aliphatic carbocycles. The lowest BCUT2D eigenvalue weighted by Gasteiger charge is -2.25. The molecule has 0 saturated heterocycles. The lowest BCUT2D eigenvalue weighted by Crippen LogP contribution is -2.55. The molecule has 0 saturated carbocycles. The fraction of sp³-hybridized carbons (Fsp3) is 0.182. The number of hydrogen-bond acceptors (Lipinski definition) is 1. The number of aromatic amines is 1. The summed E-state index contributed by atoms with van der Waals surface area (Å²) in [5.74, 6) is 0. The second-order valence-electron chi connectivity index (χ2n) is 10.2. The summed E-state index contributed by atoms with van der Waals surface area (Å²) in [6.07, 6.45) is 7.89. The summed E-state index contributed by atoms with van der Waals surface area (Å²) in [4.78, 5) is 7.98. The third-order valence-electron chi connectivity index (χ3n) is 7.26. The van der Waals surface area contributed by atoms with Crippen molar-refractivity contribution in [2.45, 2.75) is 41.5 Å². The van der Waals surface area contributed by atoms with Crippen LogP contribution < -0.4 is 16.4 Å². The maximum Gasteiger partial charge on any atom is 0.242 e. The van der Waals surface area contributed by atoms with Gasteiger partial charge in [0.05, 0.1) is 5.70 Å². The highest BCUT2D eigenvalue weighted by molar-refractivity contribution is 6.96. The molecule has 178 valence electrons. The van der Waals surface area contributed by atoms with Crippen molar-refractivity contribution in [2.24, 2.45) is 4.99 Å². The first kappa shape index (κ1) is 23.9. The molecule has 1 aromatic heterocycles. The Morgan fingerprint density at radius 2 is 1.28 bits per heavy atom. The van der Waals surface area contributed by atoms with Crippen LogP contribution in [0.3, 0.4) is 0 Å². The highest BCUT2D eigenvalue weighted by atomic mass is 14.8. The zero-order chi connectivity index (χ0) is 25.4. The Bertz CT molecular complexity index is 1400. The predicted octanol–water partition coefficient (Wildman–Crippen LogP) is 5.78. The van der Waals surface area contributed by atoms with Gasteiger partial charge < -0.3 is 4.98 Å². The van der Waals surface area contributed by atoms with E-state index in [0.29, 0.717) is 0 Å². The number of nitrogens with one attached hydrogen (secondary N) is 1. The smallest absolute Gasteiger partial charge is 0.242 e. The predicted molar refractivity (Wildman–Crippen MR) is 157 cm³/mol. The summed E-state index contributed by atoms with van der Waals surface area (Å²) < 4.78 is 0. The number of rotatable bonds is 5. The van der Waals surface area contributed by atoms with Crippen LogP contribution in [0.25, 0.3) is 5.57 Å². The van der Waals surface area contributed by atoms with Gasteiger partial charge >= 0.3 is 0 Å². The Labute approximate surface area is 215 Å². The molecule has 4 aromatic rings. The number of aromatic nitrogens is 1. The van der Waals surface area contributed by atoms with Crippen molar-refractivity contribution in [3.05, 3.63) is 129 Å². The molecule has 5 rings (SSSR count). The first-order valence-corrected chi connectivity index (χ1v) is 12.7. The van der Waals surface area contributed by atoms with Gasteiger partial charge in [0.2, 0.25) is 6.71 Å². The topological polar surface area (TPSA) is 28.1 Å².